The topological polar surface area (TPSA) is 62.3 Å². The molecule has 2 aromatic rings. The van der Waals surface area contributed by atoms with Crippen LogP contribution in [0, 0.1) is 20.8 Å². The molecule has 0 fully saturated rings. The highest BCUT2D eigenvalue weighted by molar-refractivity contribution is 7.99. The standard InChI is InChI=1S/C21H25N3O2S/c1-14-4-6-17(7-5-14)13-22-18(25)8-9-19(26)24-10-11-27-21-20(24)15(2)12-16(3)23-21/h4-7,12H,8-11,13H2,1-3H3,(H,22,25). The van der Waals surface area contributed by atoms with Crippen molar-refractivity contribution in [3.8, 4) is 0 Å². The molecule has 1 N–H and O–H groups in total. The van der Waals surface area contributed by atoms with Crippen LogP contribution in [-0.2, 0) is 16.1 Å². The largest absolute Gasteiger partial charge is 0.352 e. The van der Waals surface area contributed by atoms with Crippen molar-refractivity contribution in [3.63, 3.8) is 0 Å². The highest BCUT2D eigenvalue weighted by Crippen LogP contribution is 2.36. The van der Waals surface area contributed by atoms with Gasteiger partial charge in [0.15, 0.2) is 0 Å². The molecular formula is C21H25N3O2S. The predicted octanol–water partition coefficient (Wildman–Crippen LogP) is 3.54. The fraction of sp³-hybridized carbons (Fsp3) is 0.381. The first kappa shape index (κ1) is 19.4. The van der Waals surface area contributed by atoms with Gasteiger partial charge in [0.2, 0.25) is 11.8 Å². The molecule has 27 heavy (non-hydrogen) atoms. The Balaban J connectivity index is 1.55. The van der Waals surface area contributed by atoms with E-state index in [1.807, 2.05) is 51.1 Å². The van der Waals surface area contributed by atoms with Gasteiger partial charge in [-0.15, -0.1) is 11.8 Å². The summed E-state index contributed by atoms with van der Waals surface area (Å²) in [5, 5.41) is 3.80. The predicted molar refractivity (Wildman–Crippen MR) is 109 cm³/mol. The molecule has 6 heteroatoms. The smallest absolute Gasteiger partial charge is 0.227 e. The van der Waals surface area contributed by atoms with Crippen molar-refractivity contribution in [1.29, 1.82) is 0 Å². The maximum absolute atomic E-state index is 12.7. The molecule has 1 aromatic heterocycles. The van der Waals surface area contributed by atoms with Gasteiger partial charge in [-0.25, -0.2) is 4.98 Å². The molecule has 1 aromatic carbocycles. The van der Waals surface area contributed by atoms with Crippen LogP contribution in [-0.4, -0.2) is 29.1 Å². The number of anilines is 1. The molecule has 3 rings (SSSR count). The average Bonchev–Trinajstić information content (AvgIpc) is 2.64. The Kier molecular flexibility index (Phi) is 6.16. The molecule has 0 saturated carbocycles. The summed E-state index contributed by atoms with van der Waals surface area (Å²) in [6, 6.07) is 10.0. The summed E-state index contributed by atoms with van der Waals surface area (Å²) in [6.45, 7) is 7.15. The van der Waals surface area contributed by atoms with Gasteiger partial charge in [-0.2, -0.15) is 0 Å². The number of benzene rings is 1. The van der Waals surface area contributed by atoms with Crippen molar-refractivity contribution in [2.24, 2.45) is 0 Å². The Labute approximate surface area is 164 Å². The van der Waals surface area contributed by atoms with Gasteiger partial charge < -0.3 is 10.2 Å². The Morgan fingerprint density at radius 2 is 1.89 bits per heavy atom. The summed E-state index contributed by atoms with van der Waals surface area (Å²) in [6.07, 6.45) is 0.402. The number of hydrogen-bond acceptors (Lipinski definition) is 4. The summed E-state index contributed by atoms with van der Waals surface area (Å²) in [4.78, 5) is 31.2. The molecule has 2 amide bonds. The molecule has 5 nitrogen and oxygen atoms in total. The molecule has 1 aliphatic heterocycles. The lowest BCUT2D eigenvalue weighted by molar-refractivity contribution is -0.125. The fourth-order valence-electron chi connectivity index (χ4n) is 3.17. The number of rotatable bonds is 5. The number of aryl methyl sites for hydroxylation is 3. The number of hydrogen-bond donors (Lipinski definition) is 1. The Morgan fingerprint density at radius 3 is 2.63 bits per heavy atom. The van der Waals surface area contributed by atoms with Crippen molar-refractivity contribution in [2.75, 3.05) is 17.2 Å². The summed E-state index contributed by atoms with van der Waals surface area (Å²) >= 11 is 1.69. The molecule has 1 aliphatic rings. The van der Waals surface area contributed by atoms with Gasteiger partial charge in [0.05, 0.1) is 5.69 Å². The van der Waals surface area contributed by atoms with E-state index < -0.39 is 0 Å². The molecule has 0 saturated heterocycles. The first-order chi connectivity index (χ1) is 12.9. The zero-order valence-electron chi connectivity index (χ0n) is 16.0. The SMILES string of the molecule is Cc1ccc(CNC(=O)CCC(=O)N2CCSc3nc(C)cc(C)c32)cc1. The lowest BCUT2D eigenvalue weighted by atomic mass is 10.1. The number of carbonyl (C=O) groups excluding carboxylic acids is 2. The Bertz CT molecular complexity index is 849. The second-order valence-corrected chi connectivity index (χ2v) is 7.97. The summed E-state index contributed by atoms with van der Waals surface area (Å²) in [5.41, 5.74) is 5.17. The first-order valence-corrected chi connectivity index (χ1v) is 10.2. The molecule has 0 radical (unpaired) electrons. The van der Waals surface area contributed by atoms with Gasteiger partial charge in [0, 0.05) is 37.4 Å². The van der Waals surface area contributed by atoms with E-state index in [9.17, 15) is 9.59 Å². The van der Waals surface area contributed by atoms with Gasteiger partial charge in [-0.3, -0.25) is 9.59 Å². The van der Waals surface area contributed by atoms with E-state index in [2.05, 4.69) is 10.3 Å². The Morgan fingerprint density at radius 1 is 1.15 bits per heavy atom. The molecule has 0 spiro atoms. The van der Waals surface area contributed by atoms with Crippen LogP contribution in [0.5, 0.6) is 0 Å². The maximum Gasteiger partial charge on any atom is 0.227 e. The van der Waals surface area contributed by atoms with Gasteiger partial charge in [-0.05, 0) is 38.0 Å². The van der Waals surface area contributed by atoms with Gasteiger partial charge in [0.1, 0.15) is 5.03 Å². The van der Waals surface area contributed by atoms with Crippen LogP contribution in [0.15, 0.2) is 35.4 Å². The summed E-state index contributed by atoms with van der Waals surface area (Å²) in [5.74, 6) is 0.707. The van der Waals surface area contributed by atoms with Crippen molar-refractivity contribution >= 4 is 29.3 Å². The van der Waals surface area contributed by atoms with Gasteiger partial charge >= 0.3 is 0 Å². The number of fused-ring (bicyclic) bond motifs is 1. The highest BCUT2D eigenvalue weighted by atomic mass is 32.2. The third-order valence-corrected chi connectivity index (χ3v) is 5.53. The highest BCUT2D eigenvalue weighted by Gasteiger charge is 2.26. The second kappa shape index (κ2) is 8.57. The van der Waals surface area contributed by atoms with Gasteiger partial charge in [-0.1, -0.05) is 29.8 Å². The van der Waals surface area contributed by atoms with E-state index in [1.54, 1.807) is 16.7 Å². The number of nitrogens with zero attached hydrogens (tertiary/aromatic N) is 2. The molecule has 0 aliphatic carbocycles. The van der Waals surface area contributed by atoms with E-state index in [-0.39, 0.29) is 24.7 Å². The quantitative estimate of drug-likeness (QED) is 0.858. The normalized spacial score (nSPS) is 13.2. The number of thioether (sulfide) groups is 1. The molecule has 0 unspecified atom stereocenters. The van der Waals surface area contributed by atoms with E-state index >= 15 is 0 Å². The fourth-order valence-corrected chi connectivity index (χ4v) is 4.25. The third kappa shape index (κ3) is 4.89. The lowest BCUT2D eigenvalue weighted by Gasteiger charge is -2.30. The molecular weight excluding hydrogens is 358 g/mol. The van der Waals surface area contributed by atoms with Crippen molar-refractivity contribution in [2.45, 2.75) is 45.2 Å². The van der Waals surface area contributed by atoms with Crippen molar-refractivity contribution in [1.82, 2.24) is 10.3 Å². The minimum absolute atomic E-state index is 0.0178. The van der Waals surface area contributed by atoms with E-state index in [0.717, 1.165) is 33.3 Å². The van der Waals surface area contributed by atoms with E-state index in [0.29, 0.717) is 13.1 Å². The van der Waals surface area contributed by atoms with Crippen LogP contribution in [0.3, 0.4) is 0 Å². The average molecular weight is 384 g/mol. The number of amides is 2. The van der Waals surface area contributed by atoms with Crippen LogP contribution in [0.2, 0.25) is 0 Å². The third-order valence-electron chi connectivity index (χ3n) is 4.58. The van der Waals surface area contributed by atoms with Crippen molar-refractivity contribution in [3.05, 3.63) is 52.7 Å². The molecule has 2 heterocycles. The van der Waals surface area contributed by atoms with Crippen LogP contribution in [0.25, 0.3) is 0 Å². The van der Waals surface area contributed by atoms with E-state index in [4.69, 9.17) is 0 Å². The number of nitrogens with one attached hydrogen (secondary N) is 1. The van der Waals surface area contributed by atoms with Crippen LogP contribution in [0.4, 0.5) is 5.69 Å². The zero-order chi connectivity index (χ0) is 19.4. The number of aromatic nitrogens is 1. The molecule has 142 valence electrons. The first-order valence-electron chi connectivity index (χ1n) is 9.17. The molecule has 0 bridgehead atoms. The van der Waals surface area contributed by atoms with Crippen LogP contribution in [0.1, 0.15) is 35.2 Å². The van der Waals surface area contributed by atoms with Crippen molar-refractivity contribution < 1.29 is 9.59 Å². The minimum Gasteiger partial charge on any atom is -0.352 e. The van der Waals surface area contributed by atoms with Gasteiger partial charge in [0.25, 0.3) is 0 Å². The van der Waals surface area contributed by atoms with Crippen LogP contribution >= 0.6 is 11.8 Å². The Hall–Kier alpha value is -2.34. The van der Waals surface area contributed by atoms with E-state index in [1.165, 1.54) is 5.56 Å². The lowest BCUT2D eigenvalue weighted by Crippen LogP contribution is -2.37. The summed E-state index contributed by atoms with van der Waals surface area (Å²) in [7, 11) is 0. The number of carbonyl (C=O) groups is 2. The number of pyridine rings is 1. The van der Waals surface area contributed by atoms with Crippen LogP contribution < -0.4 is 10.2 Å². The maximum atomic E-state index is 12.7. The monoisotopic (exact) mass is 383 g/mol. The minimum atomic E-state index is -0.103. The summed E-state index contributed by atoms with van der Waals surface area (Å²) < 4.78 is 0. The zero-order valence-corrected chi connectivity index (χ0v) is 16.9. The second-order valence-electron chi connectivity index (χ2n) is 6.89. The molecule has 0 atom stereocenters.